The van der Waals surface area contributed by atoms with Crippen LogP contribution >= 0.6 is 0 Å². The molecule has 2 fully saturated rings. The molecule has 0 aromatic rings. The summed E-state index contributed by atoms with van der Waals surface area (Å²) in [5.41, 5.74) is 0. The van der Waals surface area contributed by atoms with Gasteiger partial charge in [0.1, 0.15) is 0 Å². The molecule has 88 valence electrons. The van der Waals surface area contributed by atoms with Crippen LogP contribution in [0.25, 0.3) is 0 Å². The molecule has 1 saturated carbocycles. The molecule has 1 aliphatic heterocycles. The fourth-order valence-corrected chi connectivity index (χ4v) is 2.98. The van der Waals surface area contributed by atoms with E-state index in [1.807, 2.05) is 0 Å². The molecule has 1 heterocycles. The minimum Gasteiger partial charge on any atom is -0.393 e. The van der Waals surface area contributed by atoms with E-state index in [-0.39, 0.29) is 6.10 Å². The Kier molecular flexibility index (Phi) is 4.00. The van der Waals surface area contributed by atoms with E-state index in [2.05, 4.69) is 17.3 Å². The standard InChI is InChI=1S/C12H24N2O/c1-13-10-2-4-11(5-3-10)14-8-6-12(15)7-9-14/h10-13,15H,2-9H2,1H3/t10-,11-. The van der Waals surface area contributed by atoms with Crippen LogP contribution in [-0.4, -0.2) is 48.3 Å². The van der Waals surface area contributed by atoms with E-state index in [1.165, 1.54) is 25.7 Å². The highest BCUT2D eigenvalue weighted by Crippen LogP contribution is 2.25. The van der Waals surface area contributed by atoms with Gasteiger partial charge in [-0.05, 0) is 45.6 Å². The highest BCUT2D eigenvalue weighted by Gasteiger charge is 2.27. The minimum absolute atomic E-state index is 0.0325. The summed E-state index contributed by atoms with van der Waals surface area (Å²) in [6.07, 6.45) is 7.23. The smallest absolute Gasteiger partial charge is 0.0564 e. The fourth-order valence-electron chi connectivity index (χ4n) is 2.98. The van der Waals surface area contributed by atoms with Gasteiger partial charge in [-0.2, -0.15) is 0 Å². The monoisotopic (exact) mass is 212 g/mol. The molecule has 0 atom stereocenters. The Balaban J connectivity index is 1.75. The van der Waals surface area contributed by atoms with Crippen molar-refractivity contribution in [1.29, 1.82) is 0 Å². The average molecular weight is 212 g/mol. The second-order valence-electron chi connectivity index (χ2n) is 5.06. The topological polar surface area (TPSA) is 35.5 Å². The molecule has 0 amide bonds. The van der Waals surface area contributed by atoms with E-state index in [0.29, 0.717) is 0 Å². The zero-order valence-corrected chi connectivity index (χ0v) is 9.78. The second kappa shape index (κ2) is 5.28. The summed E-state index contributed by atoms with van der Waals surface area (Å²) in [4.78, 5) is 2.60. The van der Waals surface area contributed by atoms with Gasteiger partial charge in [0.25, 0.3) is 0 Å². The van der Waals surface area contributed by atoms with Crippen LogP contribution in [0.3, 0.4) is 0 Å². The molecule has 2 aliphatic rings. The summed E-state index contributed by atoms with van der Waals surface area (Å²) in [5, 5.41) is 12.8. The van der Waals surface area contributed by atoms with E-state index in [1.54, 1.807) is 0 Å². The van der Waals surface area contributed by atoms with E-state index in [0.717, 1.165) is 38.0 Å². The molecule has 1 saturated heterocycles. The van der Waals surface area contributed by atoms with E-state index in [9.17, 15) is 5.11 Å². The summed E-state index contributed by atoms with van der Waals surface area (Å²) in [6, 6.07) is 1.54. The highest BCUT2D eigenvalue weighted by atomic mass is 16.3. The van der Waals surface area contributed by atoms with Crippen LogP contribution < -0.4 is 5.32 Å². The van der Waals surface area contributed by atoms with E-state index < -0.39 is 0 Å². The zero-order valence-electron chi connectivity index (χ0n) is 9.78. The van der Waals surface area contributed by atoms with E-state index in [4.69, 9.17) is 0 Å². The molecule has 15 heavy (non-hydrogen) atoms. The molecule has 0 unspecified atom stereocenters. The van der Waals surface area contributed by atoms with Crippen LogP contribution in [0.1, 0.15) is 38.5 Å². The van der Waals surface area contributed by atoms with Gasteiger partial charge in [0, 0.05) is 25.2 Å². The maximum Gasteiger partial charge on any atom is 0.0564 e. The van der Waals surface area contributed by atoms with Gasteiger partial charge in [-0.3, -0.25) is 0 Å². The first-order chi connectivity index (χ1) is 7.29. The number of likely N-dealkylation sites (tertiary alicyclic amines) is 1. The van der Waals surface area contributed by atoms with Crippen molar-refractivity contribution in [3.8, 4) is 0 Å². The Hall–Kier alpha value is -0.120. The van der Waals surface area contributed by atoms with Gasteiger partial charge in [-0.15, -0.1) is 0 Å². The van der Waals surface area contributed by atoms with Crippen LogP contribution in [0, 0.1) is 0 Å². The first-order valence-corrected chi connectivity index (χ1v) is 6.39. The minimum atomic E-state index is -0.0325. The molecule has 0 radical (unpaired) electrons. The molecule has 0 bridgehead atoms. The lowest BCUT2D eigenvalue weighted by molar-refractivity contribution is 0.0479. The van der Waals surface area contributed by atoms with Gasteiger partial charge in [-0.25, -0.2) is 0 Å². The largest absolute Gasteiger partial charge is 0.393 e. The van der Waals surface area contributed by atoms with Gasteiger partial charge < -0.3 is 15.3 Å². The first-order valence-electron chi connectivity index (χ1n) is 6.39. The number of nitrogens with one attached hydrogen (secondary N) is 1. The van der Waals surface area contributed by atoms with Crippen LogP contribution in [0.15, 0.2) is 0 Å². The summed E-state index contributed by atoms with van der Waals surface area (Å²) >= 11 is 0. The lowest BCUT2D eigenvalue weighted by Gasteiger charge is -2.39. The van der Waals surface area contributed by atoms with Crippen LogP contribution in [0.2, 0.25) is 0 Å². The molecule has 1 aliphatic carbocycles. The number of nitrogens with zero attached hydrogens (tertiary/aromatic N) is 1. The highest BCUT2D eigenvalue weighted by molar-refractivity contribution is 4.84. The summed E-state index contributed by atoms with van der Waals surface area (Å²) in [7, 11) is 2.07. The Morgan fingerprint density at radius 2 is 1.60 bits per heavy atom. The Labute approximate surface area is 92.8 Å². The number of hydrogen-bond acceptors (Lipinski definition) is 3. The Morgan fingerprint density at radius 3 is 2.13 bits per heavy atom. The normalized spacial score (nSPS) is 35.6. The first kappa shape index (κ1) is 11.4. The predicted molar refractivity (Wildman–Crippen MR) is 61.9 cm³/mol. The molecule has 0 aromatic carbocycles. The van der Waals surface area contributed by atoms with Crippen molar-refractivity contribution < 1.29 is 5.11 Å². The molecule has 3 heteroatoms. The lowest BCUT2D eigenvalue weighted by atomic mass is 9.89. The van der Waals surface area contributed by atoms with Crippen LogP contribution in [0.4, 0.5) is 0 Å². The molecular formula is C12H24N2O. The van der Waals surface area contributed by atoms with Crippen LogP contribution in [0.5, 0.6) is 0 Å². The van der Waals surface area contributed by atoms with Gasteiger partial charge in [0.15, 0.2) is 0 Å². The second-order valence-corrected chi connectivity index (χ2v) is 5.06. The third-order valence-electron chi connectivity index (χ3n) is 4.12. The predicted octanol–water partition coefficient (Wildman–Crippen LogP) is 0.974. The maximum absolute atomic E-state index is 9.47. The van der Waals surface area contributed by atoms with Crippen molar-refractivity contribution in [2.45, 2.75) is 56.7 Å². The van der Waals surface area contributed by atoms with Gasteiger partial charge in [0.2, 0.25) is 0 Å². The third kappa shape index (κ3) is 2.92. The average Bonchev–Trinajstić information content (AvgIpc) is 2.30. The molecule has 2 N–H and O–H groups in total. The zero-order chi connectivity index (χ0) is 10.7. The van der Waals surface area contributed by atoms with Crippen molar-refractivity contribution in [3.05, 3.63) is 0 Å². The van der Waals surface area contributed by atoms with Crippen molar-refractivity contribution in [2.75, 3.05) is 20.1 Å². The SMILES string of the molecule is CN[C@H]1CC[C@H](N2CCC(O)CC2)CC1. The maximum atomic E-state index is 9.47. The summed E-state index contributed by atoms with van der Waals surface area (Å²) < 4.78 is 0. The van der Waals surface area contributed by atoms with Crippen molar-refractivity contribution in [2.24, 2.45) is 0 Å². The van der Waals surface area contributed by atoms with E-state index >= 15 is 0 Å². The van der Waals surface area contributed by atoms with Gasteiger partial charge in [-0.1, -0.05) is 0 Å². The number of rotatable bonds is 2. The molecule has 2 rings (SSSR count). The number of hydrogen-bond donors (Lipinski definition) is 2. The third-order valence-corrected chi connectivity index (χ3v) is 4.12. The van der Waals surface area contributed by atoms with Crippen molar-refractivity contribution >= 4 is 0 Å². The molecule has 0 aromatic heterocycles. The summed E-state index contributed by atoms with van der Waals surface area (Å²) in [5.74, 6) is 0. The van der Waals surface area contributed by atoms with Gasteiger partial charge in [0.05, 0.1) is 6.10 Å². The lowest BCUT2D eigenvalue weighted by Crippen LogP contribution is -2.46. The summed E-state index contributed by atoms with van der Waals surface area (Å²) in [6.45, 7) is 2.21. The molecule has 3 nitrogen and oxygen atoms in total. The fraction of sp³-hybridized carbons (Fsp3) is 1.00. The molecular weight excluding hydrogens is 188 g/mol. The Morgan fingerprint density at radius 1 is 1.00 bits per heavy atom. The number of aliphatic hydroxyl groups excluding tert-OH is 1. The number of aliphatic hydroxyl groups is 1. The van der Waals surface area contributed by atoms with Crippen molar-refractivity contribution in [3.63, 3.8) is 0 Å². The van der Waals surface area contributed by atoms with Crippen LogP contribution in [-0.2, 0) is 0 Å². The Bertz CT molecular complexity index is 182. The molecule has 0 spiro atoms. The number of piperidine rings is 1. The van der Waals surface area contributed by atoms with Crippen molar-refractivity contribution in [1.82, 2.24) is 10.2 Å². The quantitative estimate of drug-likeness (QED) is 0.716. The van der Waals surface area contributed by atoms with Gasteiger partial charge >= 0.3 is 0 Å².